The molecule has 1 saturated heterocycles. The van der Waals surface area contributed by atoms with E-state index >= 15 is 0 Å². The largest absolute Gasteiger partial charge is 0.494 e. The van der Waals surface area contributed by atoms with E-state index in [0.29, 0.717) is 18.7 Å². The molecule has 3 rings (SSSR count). The zero-order valence-electron chi connectivity index (χ0n) is 16.3. The Morgan fingerprint density at radius 2 is 1.93 bits per heavy atom. The molecule has 3 N–H and O–H groups in total. The summed E-state index contributed by atoms with van der Waals surface area (Å²) in [6.45, 7) is 3.31. The van der Waals surface area contributed by atoms with Gasteiger partial charge in [0.05, 0.1) is 18.8 Å². The molecule has 0 unspecified atom stereocenters. The molecule has 1 aromatic rings. The van der Waals surface area contributed by atoms with Gasteiger partial charge in [-0.2, -0.15) is 0 Å². The molecule has 0 radical (unpaired) electrons. The molecule has 2 aliphatic rings. The molecule has 0 aromatic heterocycles. The maximum Gasteiger partial charge on any atom is 0.253 e. The fourth-order valence-electron chi connectivity index (χ4n) is 4.35. The van der Waals surface area contributed by atoms with Crippen LogP contribution in [0.3, 0.4) is 0 Å². The van der Waals surface area contributed by atoms with Gasteiger partial charge in [0.2, 0.25) is 0 Å². The fraction of sp³-hybridized carbons (Fsp3) is 0.667. The van der Waals surface area contributed by atoms with E-state index in [1.165, 1.54) is 12.8 Å². The van der Waals surface area contributed by atoms with Gasteiger partial charge in [0.1, 0.15) is 5.75 Å². The number of likely N-dealkylation sites (N-methyl/N-ethyl adjacent to an activating group) is 1. The highest BCUT2D eigenvalue weighted by molar-refractivity contribution is 5.94. The van der Waals surface area contributed by atoms with E-state index < -0.39 is 6.10 Å². The monoisotopic (exact) mass is 375 g/mol. The third kappa shape index (κ3) is 4.81. The first-order chi connectivity index (χ1) is 13.1. The Hall–Kier alpha value is -1.63. The number of nitrogens with zero attached hydrogens (tertiary/aromatic N) is 2. The minimum Gasteiger partial charge on any atom is -0.494 e. The van der Waals surface area contributed by atoms with Crippen molar-refractivity contribution in [2.75, 3.05) is 33.3 Å². The molecular weight excluding hydrogens is 342 g/mol. The highest BCUT2D eigenvalue weighted by Crippen LogP contribution is 2.29. The lowest BCUT2D eigenvalue weighted by molar-refractivity contribution is -0.0241. The lowest BCUT2D eigenvalue weighted by atomic mass is 9.86. The number of hydrogen-bond donors (Lipinski definition) is 2. The number of hydrogen-bond acceptors (Lipinski definition) is 5. The number of ether oxygens (including phenoxy) is 1. The second-order valence-electron chi connectivity index (χ2n) is 7.73. The Morgan fingerprint density at radius 1 is 1.22 bits per heavy atom. The quantitative estimate of drug-likeness (QED) is 0.711. The Kier molecular flexibility index (Phi) is 7.10. The van der Waals surface area contributed by atoms with Crippen LogP contribution < -0.4 is 10.5 Å². The molecule has 1 aliphatic heterocycles. The maximum atomic E-state index is 12.9. The van der Waals surface area contributed by atoms with Crippen LogP contribution >= 0.6 is 0 Å². The molecule has 6 heteroatoms. The molecule has 0 bridgehead atoms. The van der Waals surface area contributed by atoms with E-state index in [-0.39, 0.29) is 18.0 Å². The predicted molar refractivity (Wildman–Crippen MR) is 106 cm³/mol. The number of aliphatic hydroxyl groups excluding tert-OH is 1. The molecule has 2 fully saturated rings. The SMILES string of the molecule is CN(C(=O)c1ccc(OCCCN)cc1)[C@@H]1CCC[C@@H](N2CCCC2)[C@@H]1O. The Balaban J connectivity index is 1.61. The van der Waals surface area contributed by atoms with Gasteiger partial charge >= 0.3 is 0 Å². The highest BCUT2D eigenvalue weighted by Gasteiger charge is 2.39. The lowest BCUT2D eigenvalue weighted by Crippen LogP contribution is -2.56. The van der Waals surface area contributed by atoms with Crippen LogP contribution in [0, 0.1) is 0 Å². The van der Waals surface area contributed by atoms with Gasteiger partial charge in [-0.05, 0) is 82.4 Å². The Bertz CT molecular complexity index is 601. The zero-order chi connectivity index (χ0) is 19.2. The number of likely N-dealkylation sites (tertiary alicyclic amines) is 1. The summed E-state index contributed by atoms with van der Waals surface area (Å²) >= 11 is 0. The second kappa shape index (κ2) is 9.53. The van der Waals surface area contributed by atoms with Crippen LogP contribution in [0.15, 0.2) is 24.3 Å². The Labute approximate surface area is 162 Å². The van der Waals surface area contributed by atoms with E-state index in [0.717, 1.165) is 44.5 Å². The third-order valence-electron chi connectivity index (χ3n) is 5.93. The minimum absolute atomic E-state index is 0.0466. The molecule has 0 spiro atoms. The summed E-state index contributed by atoms with van der Waals surface area (Å²) in [5, 5.41) is 11.0. The smallest absolute Gasteiger partial charge is 0.253 e. The molecule has 1 heterocycles. The van der Waals surface area contributed by atoms with Gasteiger partial charge in [0.15, 0.2) is 0 Å². The van der Waals surface area contributed by atoms with Crippen molar-refractivity contribution < 1.29 is 14.6 Å². The van der Waals surface area contributed by atoms with E-state index in [1.807, 2.05) is 19.2 Å². The lowest BCUT2D eigenvalue weighted by Gasteiger charge is -2.43. The first-order valence-corrected chi connectivity index (χ1v) is 10.2. The molecular formula is C21H33N3O3. The molecule has 1 amide bonds. The predicted octanol–water partition coefficient (Wildman–Crippen LogP) is 1.86. The number of rotatable bonds is 7. The van der Waals surface area contributed by atoms with Gasteiger partial charge in [-0.1, -0.05) is 0 Å². The van der Waals surface area contributed by atoms with Crippen LogP contribution in [0.1, 0.15) is 48.9 Å². The van der Waals surface area contributed by atoms with Crippen molar-refractivity contribution in [1.82, 2.24) is 9.80 Å². The van der Waals surface area contributed by atoms with Crippen molar-refractivity contribution in [3.05, 3.63) is 29.8 Å². The van der Waals surface area contributed by atoms with Crippen molar-refractivity contribution in [3.63, 3.8) is 0 Å². The van der Waals surface area contributed by atoms with Crippen molar-refractivity contribution in [2.24, 2.45) is 5.73 Å². The number of carbonyl (C=O) groups is 1. The van der Waals surface area contributed by atoms with Crippen LogP contribution in [0.25, 0.3) is 0 Å². The van der Waals surface area contributed by atoms with Crippen molar-refractivity contribution in [3.8, 4) is 5.75 Å². The third-order valence-corrected chi connectivity index (χ3v) is 5.93. The molecule has 27 heavy (non-hydrogen) atoms. The summed E-state index contributed by atoms with van der Waals surface area (Å²) in [6, 6.07) is 7.29. The maximum absolute atomic E-state index is 12.9. The highest BCUT2D eigenvalue weighted by atomic mass is 16.5. The van der Waals surface area contributed by atoms with Crippen LogP contribution in [0.5, 0.6) is 5.75 Å². The summed E-state index contributed by atoms with van der Waals surface area (Å²) in [7, 11) is 1.81. The van der Waals surface area contributed by atoms with E-state index in [4.69, 9.17) is 10.5 Å². The molecule has 6 nitrogen and oxygen atoms in total. The van der Waals surface area contributed by atoms with Crippen LogP contribution in [-0.4, -0.2) is 72.3 Å². The summed E-state index contributed by atoms with van der Waals surface area (Å²) < 4.78 is 5.60. The first-order valence-electron chi connectivity index (χ1n) is 10.2. The summed E-state index contributed by atoms with van der Waals surface area (Å²) in [5.74, 6) is 0.698. The summed E-state index contributed by atoms with van der Waals surface area (Å²) in [4.78, 5) is 17.1. The van der Waals surface area contributed by atoms with Gasteiger partial charge in [-0.3, -0.25) is 9.69 Å². The summed E-state index contributed by atoms with van der Waals surface area (Å²) in [5.41, 5.74) is 6.09. The first kappa shape index (κ1) is 20.1. The van der Waals surface area contributed by atoms with E-state index in [9.17, 15) is 9.90 Å². The number of carbonyl (C=O) groups excluding carboxylic acids is 1. The normalized spacial score (nSPS) is 26.1. The second-order valence-corrected chi connectivity index (χ2v) is 7.73. The standard InChI is InChI=1S/C21H33N3O3/c1-23(18-6-4-7-19(20(18)25)24-13-2-3-14-24)21(26)16-8-10-17(11-9-16)27-15-5-12-22/h8-11,18-20,25H,2-7,12-15,22H2,1H3/t18-,19-,20-/m1/s1. The van der Waals surface area contributed by atoms with Gasteiger partial charge in [0, 0.05) is 18.7 Å². The minimum atomic E-state index is -0.482. The zero-order valence-corrected chi connectivity index (χ0v) is 16.3. The van der Waals surface area contributed by atoms with Gasteiger partial charge in [-0.25, -0.2) is 0 Å². The average molecular weight is 376 g/mol. The fourth-order valence-corrected chi connectivity index (χ4v) is 4.35. The van der Waals surface area contributed by atoms with Gasteiger partial charge < -0.3 is 20.5 Å². The van der Waals surface area contributed by atoms with Crippen molar-refractivity contribution >= 4 is 5.91 Å². The van der Waals surface area contributed by atoms with Gasteiger partial charge in [0.25, 0.3) is 5.91 Å². The average Bonchev–Trinajstić information content (AvgIpc) is 3.22. The van der Waals surface area contributed by atoms with Crippen molar-refractivity contribution in [1.29, 1.82) is 0 Å². The molecule has 1 aliphatic carbocycles. The van der Waals surface area contributed by atoms with Crippen LogP contribution in [0.2, 0.25) is 0 Å². The Morgan fingerprint density at radius 3 is 2.59 bits per heavy atom. The molecule has 1 aromatic carbocycles. The van der Waals surface area contributed by atoms with Crippen LogP contribution in [0.4, 0.5) is 0 Å². The van der Waals surface area contributed by atoms with Crippen LogP contribution in [-0.2, 0) is 0 Å². The molecule has 3 atom stereocenters. The number of nitrogens with two attached hydrogens (primary N) is 1. The van der Waals surface area contributed by atoms with E-state index in [1.54, 1.807) is 17.0 Å². The van der Waals surface area contributed by atoms with E-state index in [2.05, 4.69) is 4.90 Å². The van der Waals surface area contributed by atoms with Gasteiger partial charge in [-0.15, -0.1) is 0 Å². The number of benzene rings is 1. The molecule has 150 valence electrons. The van der Waals surface area contributed by atoms with Crippen molar-refractivity contribution in [2.45, 2.75) is 56.7 Å². The topological polar surface area (TPSA) is 79.0 Å². The summed E-state index contributed by atoms with van der Waals surface area (Å²) in [6.07, 6.45) is 5.67. The molecule has 1 saturated carbocycles. The number of amides is 1. The number of aliphatic hydroxyl groups is 1.